The van der Waals surface area contributed by atoms with Crippen LogP contribution < -0.4 is 15.5 Å². The van der Waals surface area contributed by atoms with Crippen molar-refractivity contribution in [1.29, 1.82) is 0 Å². The van der Waals surface area contributed by atoms with Crippen molar-refractivity contribution in [2.75, 3.05) is 37.7 Å². The molecule has 0 aliphatic carbocycles. The first-order chi connectivity index (χ1) is 15.0. The Kier molecular flexibility index (Phi) is 10.6. The Bertz CT molecular complexity index is 893. The minimum absolute atomic E-state index is 0. The van der Waals surface area contributed by atoms with Crippen LogP contribution in [0.25, 0.3) is 0 Å². The van der Waals surface area contributed by atoms with Crippen LogP contribution in [0.4, 0.5) is 14.5 Å². The van der Waals surface area contributed by atoms with Gasteiger partial charge in [0.15, 0.2) is 11.8 Å². The van der Waals surface area contributed by atoms with Gasteiger partial charge in [-0.05, 0) is 38.8 Å². The van der Waals surface area contributed by atoms with E-state index in [0.29, 0.717) is 51.0 Å². The molecule has 1 unspecified atom stereocenters. The molecule has 8 nitrogen and oxygen atoms in total. The predicted octanol–water partition coefficient (Wildman–Crippen LogP) is 2.76. The van der Waals surface area contributed by atoms with Gasteiger partial charge >= 0.3 is 0 Å². The lowest BCUT2D eigenvalue weighted by molar-refractivity contribution is 0.145. The fourth-order valence-electron chi connectivity index (χ4n) is 3.44. The van der Waals surface area contributed by atoms with E-state index in [4.69, 9.17) is 4.74 Å². The Balaban J connectivity index is 0.00000363. The Morgan fingerprint density at radius 3 is 2.81 bits per heavy atom. The number of nitrogens with one attached hydrogen (secondary N) is 2. The Morgan fingerprint density at radius 1 is 1.31 bits per heavy atom. The van der Waals surface area contributed by atoms with Crippen molar-refractivity contribution >= 4 is 35.6 Å². The number of aromatic nitrogens is 3. The van der Waals surface area contributed by atoms with Crippen molar-refractivity contribution in [2.45, 2.75) is 39.3 Å². The summed E-state index contributed by atoms with van der Waals surface area (Å²) in [6, 6.07) is 3.79. The van der Waals surface area contributed by atoms with E-state index in [1.165, 1.54) is 12.1 Å². The molecule has 1 aromatic carbocycles. The number of hydrogen-bond donors (Lipinski definition) is 2. The van der Waals surface area contributed by atoms with E-state index < -0.39 is 11.6 Å². The summed E-state index contributed by atoms with van der Waals surface area (Å²) in [6.45, 7) is 7.63. The highest BCUT2D eigenvalue weighted by Crippen LogP contribution is 2.24. The SMILES string of the molecule is CCOCCCNC(=NCc1nnc(C)n1C)NC1CCN(c2ccc(F)cc2F)C1.I. The van der Waals surface area contributed by atoms with Crippen LogP contribution >= 0.6 is 24.0 Å². The van der Waals surface area contributed by atoms with Gasteiger partial charge in [-0.3, -0.25) is 0 Å². The van der Waals surface area contributed by atoms with Gasteiger partial charge in [0.05, 0.1) is 5.69 Å². The molecule has 3 rings (SSSR count). The number of anilines is 1. The quantitative estimate of drug-likeness (QED) is 0.212. The van der Waals surface area contributed by atoms with Crippen molar-refractivity contribution < 1.29 is 13.5 Å². The monoisotopic (exact) mass is 563 g/mol. The third-order valence-corrected chi connectivity index (χ3v) is 5.30. The fourth-order valence-corrected chi connectivity index (χ4v) is 3.44. The molecule has 0 spiro atoms. The molecule has 1 aromatic heterocycles. The average molecular weight is 563 g/mol. The minimum atomic E-state index is -0.570. The summed E-state index contributed by atoms with van der Waals surface area (Å²) in [6.07, 6.45) is 1.68. The number of nitrogens with zero attached hydrogens (tertiary/aromatic N) is 5. The van der Waals surface area contributed by atoms with Gasteiger partial charge < -0.3 is 24.8 Å². The molecule has 0 amide bonds. The van der Waals surface area contributed by atoms with Gasteiger partial charge in [-0.25, -0.2) is 13.8 Å². The van der Waals surface area contributed by atoms with Gasteiger partial charge in [-0.1, -0.05) is 0 Å². The molecule has 0 saturated carbocycles. The second kappa shape index (κ2) is 12.9. The van der Waals surface area contributed by atoms with Gasteiger partial charge in [0, 0.05) is 52.0 Å². The summed E-state index contributed by atoms with van der Waals surface area (Å²) < 4.78 is 34.7. The van der Waals surface area contributed by atoms with Crippen LogP contribution in [-0.4, -0.2) is 59.6 Å². The summed E-state index contributed by atoms with van der Waals surface area (Å²) in [5.41, 5.74) is 0.420. The summed E-state index contributed by atoms with van der Waals surface area (Å²) in [5, 5.41) is 15.0. The Hall–Kier alpha value is -2.02. The molecular weight excluding hydrogens is 531 g/mol. The molecule has 0 bridgehead atoms. The molecule has 0 radical (unpaired) electrons. The topological polar surface area (TPSA) is 79.6 Å². The smallest absolute Gasteiger partial charge is 0.191 e. The van der Waals surface area contributed by atoms with E-state index in [1.807, 2.05) is 30.4 Å². The number of guanidine groups is 1. The molecule has 1 aliphatic heterocycles. The molecule has 11 heteroatoms. The number of aliphatic imine (C=N–C) groups is 1. The molecule has 2 aromatic rings. The van der Waals surface area contributed by atoms with Crippen molar-refractivity contribution in [3.63, 3.8) is 0 Å². The molecule has 178 valence electrons. The zero-order valence-electron chi connectivity index (χ0n) is 18.8. The van der Waals surface area contributed by atoms with E-state index in [0.717, 1.165) is 30.6 Å². The lowest BCUT2D eigenvalue weighted by Gasteiger charge is -2.21. The van der Waals surface area contributed by atoms with Gasteiger partial charge in [-0.15, -0.1) is 34.2 Å². The van der Waals surface area contributed by atoms with Gasteiger partial charge in [-0.2, -0.15) is 0 Å². The van der Waals surface area contributed by atoms with Crippen LogP contribution in [-0.2, 0) is 18.3 Å². The van der Waals surface area contributed by atoms with Crippen molar-refractivity contribution in [3.05, 3.63) is 41.5 Å². The van der Waals surface area contributed by atoms with E-state index in [-0.39, 0.29) is 30.0 Å². The molecule has 32 heavy (non-hydrogen) atoms. The lowest BCUT2D eigenvalue weighted by Crippen LogP contribution is -2.45. The standard InChI is InChI=1S/C21H31F2N7O.HI/c1-4-31-11-5-9-24-21(25-13-20-28-27-15(2)29(20)3)26-17-8-10-30(14-17)19-7-6-16(22)12-18(19)23;/h6-7,12,17H,4-5,8-11,13-14H2,1-3H3,(H2,24,25,26);1H. The van der Waals surface area contributed by atoms with Crippen LogP contribution in [0.3, 0.4) is 0 Å². The molecule has 2 N–H and O–H groups in total. The number of aryl methyl sites for hydroxylation is 1. The largest absolute Gasteiger partial charge is 0.382 e. The van der Waals surface area contributed by atoms with Gasteiger partial charge in [0.2, 0.25) is 0 Å². The maximum Gasteiger partial charge on any atom is 0.191 e. The first-order valence-corrected chi connectivity index (χ1v) is 10.7. The zero-order valence-corrected chi connectivity index (χ0v) is 21.1. The number of ether oxygens (including phenoxy) is 1. The maximum atomic E-state index is 14.1. The molecular formula is C21H32F2IN7O. The van der Waals surface area contributed by atoms with E-state index in [2.05, 4.69) is 25.8 Å². The summed E-state index contributed by atoms with van der Waals surface area (Å²) in [4.78, 5) is 6.59. The lowest BCUT2D eigenvalue weighted by atomic mass is 10.2. The van der Waals surface area contributed by atoms with Crippen molar-refractivity contribution in [3.8, 4) is 0 Å². The highest BCUT2D eigenvalue weighted by molar-refractivity contribution is 14.0. The van der Waals surface area contributed by atoms with Crippen molar-refractivity contribution in [2.24, 2.45) is 12.0 Å². The fraction of sp³-hybridized carbons (Fsp3) is 0.571. The predicted molar refractivity (Wildman–Crippen MR) is 132 cm³/mol. The van der Waals surface area contributed by atoms with Crippen LogP contribution in [0.2, 0.25) is 0 Å². The van der Waals surface area contributed by atoms with Crippen LogP contribution in [0.1, 0.15) is 31.4 Å². The number of rotatable bonds is 9. The second-order valence-corrected chi connectivity index (χ2v) is 7.54. The summed E-state index contributed by atoms with van der Waals surface area (Å²) in [5.74, 6) is 1.16. The van der Waals surface area contributed by atoms with E-state index >= 15 is 0 Å². The number of benzene rings is 1. The third-order valence-electron chi connectivity index (χ3n) is 5.30. The maximum absolute atomic E-state index is 14.1. The normalized spacial score (nSPS) is 16.2. The minimum Gasteiger partial charge on any atom is -0.382 e. The highest BCUT2D eigenvalue weighted by atomic mass is 127. The van der Waals surface area contributed by atoms with Crippen LogP contribution in [0, 0.1) is 18.6 Å². The van der Waals surface area contributed by atoms with Crippen molar-refractivity contribution in [1.82, 2.24) is 25.4 Å². The average Bonchev–Trinajstić information content (AvgIpc) is 3.33. The summed E-state index contributed by atoms with van der Waals surface area (Å²) in [7, 11) is 1.91. The first-order valence-electron chi connectivity index (χ1n) is 10.7. The highest BCUT2D eigenvalue weighted by Gasteiger charge is 2.25. The van der Waals surface area contributed by atoms with E-state index in [1.54, 1.807) is 0 Å². The Labute approximate surface area is 204 Å². The number of halogens is 3. The molecule has 2 heterocycles. The Morgan fingerprint density at radius 2 is 2.12 bits per heavy atom. The third kappa shape index (κ3) is 7.26. The zero-order chi connectivity index (χ0) is 22.2. The van der Waals surface area contributed by atoms with Gasteiger partial charge in [0.1, 0.15) is 24.0 Å². The van der Waals surface area contributed by atoms with E-state index in [9.17, 15) is 8.78 Å². The number of hydrogen-bond acceptors (Lipinski definition) is 5. The molecule has 1 saturated heterocycles. The molecule has 1 fully saturated rings. The van der Waals surface area contributed by atoms with Gasteiger partial charge in [0.25, 0.3) is 0 Å². The first kappa shape index (κ1) is 26.2. The second-order valence-electron chi connectivity index (χ2n) is 7.54. The van der Waals surface area contributed by atoms with Crippen LogP contribution in [0.5, 0.6) is 0 Å². The molecule has 1 aliphatic rings. The molecule has 1 atom stereocenters. The summed E-state index contributed by atoms with van der Waals surface area (Å²) >= 11 is 0. The van der Waals surface area contributed by atoms with Crippen LogP contribution in [0.15, 0.2) is 23.2 Å².